The molecule has 4 heteroatoms. The van der Waals surface area contributed by atoms with Gasteiger partial charge in [-0.2, -0.15) is 0 Å². The SMILES string of the molecule is CCCC1NC(C)N(CCCOC)C1=O. The molecule has 0 aromatic heterocycles. The van der Waals surface area contributed by atoms with Gasteiger partial charge in [0.1, 0.15) is 0 Å². The number of hydrogen-bond acceptors (Lipinski definition) is 3. The summed E-state index contributed by atoms with van der Waals surface area (Å²) in [4.78, 5) is 13.8. The first-order chi connectivity index (χ1) is 7.20. The van der Waals surface area contributed by atoms with Crippen molar-refractivity contribution < 1.29 is 9.53 Å². The molecule has 4 nitrogen and oxygen atoms in total. The number of hydrogen-bond donors (Lipinski definition) is 1. The summed E-state index contributed by atoms with van der Waals surface area (Å²) in [5.74, 6) is 0.250. The van der Waals surface area contributed by atoms with Crippen LogP contribution in [-0.4, -0.2) is 43.3 Å². The molecule has 1 aliphatic rings. The zero-order valence-corrected chi connectivity index (χ0v) is 9.95. The predicted octanol–water partition coefficient (Wildman–Crippen LogP) is 0.969. The van der Waals surface area contributed by atoms with Gasteiger partial charge in [0.15, 0.2) is 0 Å². The lowest BCUT2D eigenvalue weighted by molar-refractivity contribution is -0.130. The smallest absolute Gasteiger partial charge is 0.241 e. The molecular formula is C11H22N2O2. The number of nitrogens with zero attached hydrogens (tertiary/aromatic N) is 1. The number of amides is 1. The Labute approximate surface area is 92.0 Å². The van der Waals surface area contributed by atoms with E-state index in [2.05, 4.69) is 12.2 Å². The normalized spacial score (nSPS) is 26.3. The summed E-state index contributed by atoms with van der Waals surface area (Å²) in [6.07, 6.45) is 3.06. The molecule has 0 radical (unpaired) electrons. The Morgan fingerprint density at radius 2 is 2.27 bits per heavy atom. The van der Waals surface area contributed by atoms with Crippen LogP contribution in [-0.2, 0) is 9.53 Å². The Kier molecular flexibility index (Phi) is 5.05. The molecule has 1 amide bonds. The first-order valence-electron chi connectivity index (χ1n) is 5.76. The molecule has 0 aliphatic carbocycles. The minimum absolute atomic E-state index is 0.0348. The first kappa shape index (κ1) is 12.5. The summed E-state index contributed by atoms with van der Waals surface area (Å²) in [6.45, 7) is 5.66. The zero-order chi connectivity index (χ0) is 11.3. The highest BCUT2D eigenvalue weighted by Gasteiger charge is 2.34. The molecule has 0 aromatic carbocycles. The fourth-order valence-electron chi connectivity index (χ4n) is 2.02. The summed E-state index contributed by atoms with van der Waals surface area (Å²) in [6, 6.07) is 0.0348. The van der Waals surface area contributed by atoms with Gasteiger partial charge < -0.3 is 9.64 Å². The first-order valence-corrected chi connectivity index (χ1v) is 5.76. The van der Waals surface area contributed by atoms with Crippen molar-refractivity contribution in [2.24, 2.45) is 0 Å². The van der Waals surface area contributed by atoms with Gasteiger partial charge in [-0.25, -0.2) is 0 Å². The van der Waals surface area contributed by atoms with E-state index in [1.54, 1.807) is 7.11 Å². The predicted molar refractivity (Wildman–Crippen MR) is 59.5 cm³/mol. The van der Waals surface area contributed by atoms with Crippen LogP contribution >= 0.6 is 0 Å². The molecule has 1 saturated heterocycles. The van der Waals surface area contributed by atoms with Gasteiger partial charge in [-0.15, -0.1) is 0 Å². The van der Waals surface area contributed by atoms with E-state index < -0.39 is 0 Å². The van der Waals surface area contributed by atoms with E-state index in [1.165, 1.54) is 0 Å². The van der Waals surface area contributed by atoms with Gasteiger partial charge in [0, 0.05) is 20.3 Å². The lowest BCUT2D eigenvalue weighted by Crippen LogP contribution is -2.35. The third kappa shape index (κ3) is 3.18. The Balaban J connectivity index is 2.40. The number of rotatable bonds is 6. The molecule has 0 aromatic rings. The maximum atomic E-state index is 11.9. The molecule has 0 bridgehead atoms. The summed E-state index contributed by atoms with van der Waals surface area (Å²) in [5.41, 5.74) is 0. The van der Waals surface area contributed by atoms with E-state index in [4.69, 9.17) is 4.74 Å². The Morgan fingerprint density at radius 1 is 1.53 bits per heavy atom. The van der Waals surface area contributed by atoms with Crippen LogP contribution < -0.4 is 5.32 Å². The van der Waals surface area contributed by atoms with Crippen LogP contribution in [0.2, 0.25) is 0 Å². The van der Waals surface area contributed by atoms with E-state index in [0.717, 1.165) is 32.4 Å². The van der Waals surface area contributed by atoms with Crippen LogP contribution in [0.1, 0.15) is 33.1 Å². The van der Waals surface area contributed by atoms with Gasteiger partial charge in [0.25, 0.3) is 0 Å². The zero-order valence-electron chi connectivity index (χ0n) is 9.95. The molecule has 2 unspecified atom stereocenters. The largest absolute Gasteiger partial charge is 0.385 e. The lowest BCUT2D eigenvalue weighted by Gasteiger charge is -2.20. The molecule has 88 valence electrons. The van der Waals surface area contributed by atoms with Crippen LogP contribution in [0.3, 0.4) is 0 Å². The van der Waals surface area contributed by atoms with Crippen molar-refractivity contribution in [3.8, 4) is 0 Å². The molecule has 1 rings (SSSR count). The number of ether oxygens (including phenoxy) is 1. The average Bonchev–Trinajstić information content (AvgIpc) is 2.46. The van der Waals surface area contributed by atoms with Gasteiger partial charge >= 0.3 is 0 Å². The lowest BCUT2D eigenvalue weighted by atomic mass is 10.2. The molecular weight excluding hydrogens is 192 g/mol. The molecule has 0 saturated carbocycles. The van der Waals surface area contributed by atoms with Gasteiger partial charge in [0.05, 0.1) is 12.2 Å². The number of nitrogens with one attached hydrogen (secondary N) is 1. The Hall–Kier alpha value is -0.610. The van der Waals surface area contributed by atoms with Crippen molar-refractivity contribution in [3.63, 3.8) is 0 Å². The molecule has 1 aliphatic heterocycles. The summed E-state index contributed by atoms with van der Waals surface area (Å²) in [7, 11) is 1.69. The van der Waals surface area contributed by atoms with Crippen molar-refractivity contribution >= 4 is 5.91 Å². The van der Waals surface area contributed by atoms with Gasteiger partial charge in [-0.1, -0.05) is 13.3 Å². The molecule has 1 heterocycles. The quantitative estimate of drug-likeness (QED) is 0.670. The summed E-state index contributed by atoms with van der Waals surface area (Å²) < 4.78 is 4.99. The van der Waals surface area contributed by atoms with E-state index in [-0.39, 0.29) is 18.1 Å². The third-order valence-electron chi connectivity index (χ3n) is 2.82. The maximum absolute atomic E-state index is 11.9. The van der Waals surface area contributed by atoms with E-state index >= 15 is 0 Å². The second-order valence-electron chi connectivity index (χ2n) is 4.06. The molecule has 2 atom stereocenters. The fourth-order valence-corrected chi connectivity index (χ4v) is 2.02. The van der Waals surface area contributed by atoms with Crippen LogP contribution in [0.15, 0.2) is 0 Å². The standard InChI is InChI=1S/C11H22N2O2/c1-4-6-10-11(14)13(9(2)12-10)7-5-8-15-3/h9-10,12H,4-8H2,1-3H3. The van der Waals surface area contributed by atoms with Gasteiger partial charge in [0.2, 0.25) is 5.91 Å². The van der Waals surface area contributed by atoms with Crippen LogP contribution in [0, 0.1) is 0 Å². The van der Waals surface area contributed by atoms with Crippen molar-refractivity contribution in [2.45, 2.75) is 45.3 Å². The van der Waals surface area contributed by atoms with Crippen LogP contribution in [0.4, 0.5) is 0 Å². The minimum atomic E-state index is 0.0348. The molecule has 0 spiro atoms. The molecule has 15 heavy (non-hydrogen) atoms. The minimum Gasteiger partial charge on any atom is -0.385 e. The summed E-state index contributed by atoms with van der Waals surface area (Å²) >= 11 is 0. The Morgan fingerprint density at radius 3 is 2.87 bits per heavy atom. The van der Waals surface area contributed by atoms with Gasteiger partial charge in [-0.05, 0) is 19.8 Å². The van der Waals surface area contributed by atoms with Crippen molar-refractivity contribution in [2.75, 3.05) is 20.3 Å². The van der Waals surface area contributed by atoms with Crippen LogP contribution in [0.5, 0.6) is 0 Å². The van der Waals surface area contributed by atoms with Gasteiger partial charge in [-0.3, -0.25) is 10.1 Å². The van der Waals surface area contributed by atoms with Crippen molar-refractivity contribution in [1.82, 2.24) is 10.2 Å². The highest BCUT2D eigenvalue weighted by atomic mass is 16.5. The highest BCUT2D eigenvalue weighted by molar-refractivity contribution is 5.84. The maximum Gasteiger partial charge on any atom is 0.241 e. The van der Waals surface area contributed by atoms with E-state index in [1.807, 2.05) is 11.8 Å². The van der Waals surface area contributed by atoms with E-state index in [0.29, 0.717) is 0 Å². The van der Waals surface area contributed by atoms with Crippen molar-refractivity contribution in [1.29, 1.82) is 0 Å². The number of methoxy groups -OCH3 is 1. The average molecular weight is 214 g/mol. The molecule has 1 N–H and O–H groups in total. The molecule has 1 fully saturated rings. The highest BCUT2D eigenvalue weighted by Crippen LogP contribution is 2.14. The van der Waals surface area contributed by atoms with Crippen molar-refractivity contribution in [3.05, 3.63) is 0 Å². The Bertz CT molecular complexity index is 209. The number of carbonyl (C=O) groups is 1. The second-order valence-corrected chi connectivity index (χ2v) is 4.06. The topological polar surface area (TPSA) is 41.6 Å². The third-order valence-corrected chi connectivity index (χ3v) is 2.82. The van der Waals surface area contributed by atoms with Crippen LogP contribution in [0.25, 0.3) is 0 Å². The summed E-state index contributed by atoms with van der Waals surface area (Å²) in [5, 5.41) is 3.32. The number of carbonyl (C=O) groups excluding carboxylic acids is 1. The monoisotopic (exact) mass is 214 g/mol. The fraction of sp³-hybridized carbons (Fsp3) is 0.909. The second kappa shape index (κ2) is 6.08. The van der Waals surface area contributed by atoms with E-state index in [9.17, 15) is 4.79 Å².